The minimum Gasteiger partial charge on any atom is -0.497 e. The molecule has 0 atom stereocenters. The molecule has 5 nitrogen and oxygen atoms in total. The zero-order chi connectivity index (χ0) is 15.5. The number of carbonyl (C=O) groups is 2. The van der Waals surface area contributed by atoms with Crippen LogP contribution in [0.5, 0.6) is 5.75 Å². The number of anilines is 2. The summed E-state index contributed by atoms with van der Waals surface area (Å²) in [5.41, 5.74) is 0.874. The Labute approximate surface area is 132 Å². The number of methoxy groups -OCH3 is 1. The average Bonchev–Trinajstić information content (AvgIpc) is 2.96. The maximum absolute atomic E-state index is 12.0. The van der Waals surface area contributed by atoms with Crippen molar-refractivity contribution in [1.29, 1.82) is 0 Å². The third-order valence-electron chi connectivity index (χ3n) is 3.62. The van der Waals surface area contributed by atoms with E-state index in [4.69, 9.17) is 4.74 Å². The minimum atomic E-state index is -0.662. The molecule has 22 heavy (non-hydrogen) atoms. The largest absolute Gasteiger partial charge is 0.497 e. The molecule has 3 rings (SSSR count). The van der Waals surface area contributed by atoms with Crippen molar-refractivity contribution < 1.29 is 14.3 Å². The molecule has 1 aromatic carbocycles. The topological polar surface area (TPSA) is 68.3 Å². The van der Waals surface area contributed by atoms with E-state index in [1.54, 1.807) is 7.11 Å². The van der Waals surface area contributed by atoms with Gasteiger partial charge in [0.05, 0.1) is 7.11 Å². The Morgan fingerprint density at radius 2 is 1.86 bits per heavy atom. The van der Waals surface area contributed by atoms with Crippen LogP contribution in [0.2, 0.25) is 0 Å². The molecule has 0 unspecified atom stereocenters. The summed E-state index contributed by atoms with van der Waals surface area (Å²) in [5, 5.41) is 5.58. The molecule has 1 heterocycles. The lowest BCUT2D eigenvalue weighted by molar-refractivity contribution is -0.131. The van der Waals surface area contributed by atoms with E-state index in [1.807, 2.05) is 29.6 Å². The summed E-state index contributed by atoms with van der Waals surface area (Å²) in [7, 11) is 1.62. The van der Waals surface area contributed by atoms with Gasteiger partial charge in [0.15, 0.2) is 0 Å². The van der Waals surface area contributed by atoms with Crippen LogP contribution < -0.4 is 10.1 Å². The molecule has 0 bridgehead atoms. The molecule has 1 saturated carbocycles. The molecule has 1 fully saturated rings. The van der Waals surface area contributed by atoms with Crippen molar-refractivity contribution in [2.75, 3.05) is 12.4 Å². The first-order chi connectivity index (χ1) is 10.7. The highest BCUT2D eigenvalue weighted by atomic mass is 32.1. The maximum atomic E-state index is 12.0. The van der Waals surface area contributed by atoms with Crippen LogP contribution in [0.1, 0.15) is 30.2 Å². The third kappa shape index (κ3) is 3.01. The molecule has 1 N–H and O–H groups in total. The van der Waals surface area contributed by atoms with E-state index < -0.39 is 5.92 Å². The Bertz CT molecular complexity index is 678. The van der Waals surface area contributed by atoms with E-state index in [0.717, 1.165) is 11.4 Å². The van der Waals surface area contributed by atoms with Gasteiger partial charge in [-0.1, -0.05) is 0 Å². The molecule has 0 aliphatic heterocycles. The molecule has 114 valence electrons. The summed E-state index contributed by atoms with van der Waals surface area (Å²) in [5.74, 6) is 0.743. The monoisotopic (exact) mass is 316 g/mol. The van der Waals surface area contributed by atoms with Crippen molar-refractivity contribution in [3.8, 4) is 5.75 Å². The van der Waals surface area contributed by atoms with Gasteiger partial charge in [0, 0.05) is 23.9 Å². The molecular formula is C16H16N2O3S. The fourth-order valence-electron chi connectivity index (χ4n) is 2.48. The highest BCUT2D eigenvalue weighted by Crippen LogP contribution is 2.31. The lowest BCUT2D eigenvalue weighted by Gasteiger charge is -2.16. The fourth-order valence-corrected chi connectivity index (χ4v) is 3.37. The van der Waals surface area contributed by atoms with Gasteiger partial charge in [0.25, 0.3) is 0 Å². The number of rotatable bonds is 4. The van der Waals surface area contributed by atoms with E-state index in [-0.39, 0.29) is 11.6 Å². The van der Waals surface area contributed by atoms with Crippen LogP contribution >= 0.6 is 11.3 Å². The van der Waals surface area contributed by atoms with Crippen LogP contribution in [0, 0.1) is 0 Å². The molecule has 1 aromatic heterocycles. The Morgan fingerprint density at radius 3 is 2.50 bits per heavy atom. The Kier molecular flexibility index (Phi) is 4.20. The summed E-state index contributed by atoms with van der Waals surface area (Å²) < 4.78 is 5.11. The number of aromatic nitrogens is 1. The summed E-state index contributed by atoms with van der Waals surface area (Å²) in [4.78, 5) is 28.3. The Morgan fingerprint density at radius 1 is 1.18 bits per heavy atom. The van der Waals surface area contributed by atoms with E-state index in [2.05, 4.69) is 10.3 Å². The predicted octanol–water partition coefficient (Wildman–Crippen LogP) is 3.30. The lowest BCUT2D eigenvalue weighted by Crippen LogP contribution is -2.26. The van der Waals surface area contributed by atoms with E-state index in [1.165, 1.54) is 11.3 Å². The molecule has 6 heteroatoms. The van der Waals surface area contributed by atoms with E-state index in [9.17, 15) is 9.59 Å². The van der Waals surface area contributed by atoms with Crippen LogP contribution in [0.3, 0.4) is 0 Å². The molecule has 1 aliphatic carbocycles. The third-order valence-corrected chi connectivity index (χ3v) is 4.53. The zero-order valence-electron chi connectivity index (χ0n) is 12.2. The fraction of sp³-hybridized carbons (Fsp3) is 0.312. The van der Waals surface area contributed by atoms with Gasteiger partial charge >= 0.3 is 0 Å². The first-order valence-corrected chi connectivity index (χ1v) is 7.97. The lowest BCUT2D eigenvalue weighted by atomic mass is 9.87. The zero-order valence-corrected chi connectivity index (χ0v) is 13.0. The number of hydrogen-bond donors (Lipinski definition) is 1. The summed E-state index contributed by atoms with van der Waals surface area (Å²) in [6.07, 6.45) is 1.60. The van der Waals surface area contributed by atoms with Crippen LogP contribution in [-0.4, -0.2) is 23.7 Å². The molecule has 0 saturated heterocycles. The van der Waals surface area contributed by atoms with Crippen molar-refractivity contribution in [2.24, 2.45) is 0 Å². The number of nitrogens with zero attached hydrogens (tertiary/aromatic N) is 1. The number of Topliss-reactive ketones (excluding diaryl/α,β-unsaturated/α-hetero) is 2. The van der Waals surface area contributed by atoms with Crippen LogP contribution in [0.4, 0.5) is 11.5 Å². The number of nitrogens with one attached hydrogen (secondary N) is 1. The Balaban J connectivity index is 1.75. The number of carbonyl (C=O) groups excluding carboxylic acids is 2. The molecule has 0 amide bonds. The molecule has 2 aromatic rings. The second-order valence-corrected chi connectivity index (χ2v) is 6.03. The van der Waals surface area contributed by atoms with Gasteiger partial charge in [0.1, 0.15) is 34.1 Å². The molecule has 0 radical (unpaired) electrons. The quantitative estimate of drug-likeness (QED) is 0.877. The van der Waals surface area contributed by atoms with Gasteiger partial charge in [-0.15, -0.1) is 11.3 Å². The number of ether oxygens (including phenoxy) is 1. The van der Waals surface area contributed by atoms with Gasteiger partial charge in [-0.3, -0.25) is 9.59 Å². The van der Waals surface area contributed by atoms with Gasteiger partial charge in [-0.05, 0) is 30.7 Å². The van der Waals surface area contributed by atoms with Crippen molar-refractivity contribution in [3.63, 3.8) is 0 Å². The van der Waals surface area contributed by atoms with Gasteiger partial charge in [-0.25, -0.2) is 4.98 Å². The molecule has 0 spiro atoms. The highest BCUT2D eigenvalue weighted by molar-refractivity contribution is 7.10. The number of ketones is 2. The maximum Gasteiger partial charge on any atom is 0.150 e. The first kappa shape index (κ1) is 14.7. The highest BCUT2D eigenvalue weighted by Gasteiger charge is 2.33. The number of hydrogen-bond acceptors (Lipinski definition) is 6. The van der Waals surface area contributed by atoms with Crippen molar-refractivity contribution in [3.05, 3.63) is 34.7 Å². The van der Waals surface area contributed by atoms with Crippen LogP contribution in [0.15, 0.2) is 29.6 Å². The number of benzene rings is 1. The second-order valence-electron chi connectivity index (χ2n) is 5.14. The van der Waals surface area contributed by atoms with Crippen molar-refractivity contribution >= 4 is 34.4 Å². The number of thiazole rings is 1. The molecular weight excluding hydrogens is 300 g/mol. The van der Waals surface area contributed by atoms with E-state index in [0.29, 0.717) is 30.1 Å². The van der Waals surface area contributed by atoms with Gasteiger partial charge in [0.2, 0.25) is 0 Å². The first-order valence-electron chi connectivity index (χ1n) is 7.09. The standard InChI is InChI=1S/C16H16N2O3S/c1-21-11-7-5-10(6-8-11)17-14-9-22-16(18-14)15-12(19)3-2-4-13(15)20/h5-9,15,17H,2-4H2,1H3. The van der Waals surface area contributed by atoms with Crippen molar-refractivity contribution in [2.45, 2.75) is 25.2 Å². The SMILES string of the molecule is COc1ccc(Nc2csc(C3C(=O)CCCC3=O)n2)cc1. The van der Waals surface area contributed by atoms with Gasteiger partial charge < -0.3 is 10.1 Å². The minimum absolute atomic E-state index is 0.0124. The summed E-state index contributed by atoms with van der Waals surface area (Å²) in [6, 6.07) is 7.47. The van der Waals surface area contributed by atoms with Gasteiger partial charge in [-0.2, -0.15) is 0 Å². The average molecular weight is 316 g/mol. The van der Waals surface area contributed by atoms with Crippen LogP contribution in [0.25, 0.3) is 0 Å². The normalized spacial score (nSPS) is 15.9. The predicted molar refractivity (Wildman–Crippen MR) is 85.0 cm³/mol. The van der Waals surface area contributed by atoms with Crippen molar-refractivity contribution in [1.82, 2.24) is 4.98 Å². The summed E-state index contributed by atoms with van der Waals surface area (Å²) in [6.45, 7) is 0. The summed E-state index contributed by atoms with van der Waals surface area (Å²) >= 11 is 1.35. The molecule has 1 aliphatic rings. The van der Waals surface area contributed by atoms with E-state index >= 15 is 0 Å². The smallest absolute Gasteiger partial charge is 0.150 e. The second kappa shape index (κ2) is 6.27. The van der Waals surface area contributed by atoms with Crippen LogP contribution in [-0.2, 0) is 9.59 Å². The Hall–Kier alpha value is -2.21.